The summed E-state index contributed by atoms with van der Waals surface area (Å²) in [5.41, 5.74) is 1.00. The number of allylic oxidation sites excluding steroid dienone is 2. The lowest BCUT2D eigenvalue weighted by Crippen LogP contribution is -2.41. The van der Waals surface area contributed by atoms with Crippen LogP contribution in [-0.2, 0) is 35.1 Å². The van der Waals surface area contributed by atoms with Crippen molar-refractivity contribution in [2.75, 3.05) is 13.2 Å². The van der Waals surface area contributed by atoms with Gasteiger partial charge in [0.25, 0.3) is 0 Å². The van der Waals surface area contributed by atoms with E-state index in [0.29, 0.717) is 45.5 Å². The van der Waals surface area contributed by atoms with Gasteiger partial charge in [0, 0.05) is 37.5 Å². The smallest absolute Gasteiger partial charge is 0.303 e. The number of carboxylic acids is 1. The van der Waals surface area contributed by atoms with Gasteiger partial charge < -0.3 is 38.6 Å². The maximum Gasteiger partial charge on any atom is 0.303 e. The molecule has 5 rings (SSSR count). The molecule has 3 aliphatic heterocycles. The van der Waals surface area contributed by atoms with E-state index in [4.69, 9.17) is 33.5 Å². The second kappa shape index (κ2) is 16.0. The molecule has 8 atom stereocenters. The molecule has 2 N–H and O–H groups in total. The minimum atomic E-state index is -0.783. The molecule has 0 aromatic heterocycles. The second-order valence-electron chi connectivity index (χ2n) is 11.7. The average molecular weight is 587 g/mol. The number of aliphatic hydroxyl groups excluding tert-OH is 1. The molecule has 9 nitrogen and oxygen atoms in total. The average Bonchev–Trinajstić information content (AvgIpc) is 3.30. The molecular weight excluding hydrogens is 540 g/mol. The van der Waals surface area contributed by atoms with Gasteiger partial charge in [-0.15, -0.1) is 0 Å². The first-order valence-corrected chi connectivity index (χ1v) is 15.7. The van der Waals surface area contributed by atoms with Crippen LogP contribution in [0.2, 0.25) is 0 Å². The fraction of sp³-hybridized carbons (Fsp3) is 0.667. The van der Waals surface area contributed by atoms with Gasteiger partial charge in [0.15, 0.2) is 12.6 Å². The molecular formula is C33H46O9. The molecule has 1 saturated carbocycles. The number of para-hydroxylation sites is 1. The topological polar surface area (TPSA) is 113 Å². The number of rotatable bonds is 13. The van der Waals surface area contributed by atoms with Crippen molar-refractivity contribution in [3.63, 3.8) is 0 Å². The Balaban J connectivity index is 1.32. The molecule has 0 amide bonds. The number of hydrogen-bond acceptors (Lipinski definition) is 8. The van der Waals surface area contributed by atoms with Crippen molar-refractivity contribution >= 4 is 5.97 Å². The van der Waals surface area contributed by atoms with E-state index in [0.717, 1.165) is 49.8 Å². The highest BCUT2D eigenvalue weighted by Gasteiger charge is 2.43. The first-order chi connectivity index (χ1) is 20.6. The van der Waals surface area contributed by atoms with Crippen molar-refractivity contribution in [1.82, 2.24) is 0 Å². The summed E-state index contributed by atoms with van der Waals surface area (Å²) < 4.78 is 37.1. The molecule has 3 fully saturated rings. The largest absolute Gasteiger partial charge is 0.481 e. The number of aliphatic hydroxyl groups is 1. The van der Waals surface area contributed by atoms with Crippen LogP contribution in [-0.4, -0.2) is 66.6 Å². The fourth-order valence-corrected chi connectivity index (χ4v) is 6.25. The maximum atomic E-state index is 11.2. The lowest BCUT2D eigenvalue weighted by Gasteiger charge is -2.34. The Hall–Kier alpha value is -2.27. The number of ether oxygens (including phenoxy) is 6. The minimum absolute atomic E-state index is 0.0638. The molecule has 3 unspecified atom stereocenters. The number of carbonyl (C=O) groups is 1. The molecule has 42 heavy (non-hydrogen) atoms. The number of aliphatic carboxylic acids is 1. The highest BCUT2D eigenvalue weighted by atomic mass is 16.7. The van der Waals surface area contributed by atoms with Crippen molar-refractivity contribution in [2.24, 2.45) is 11.8 Å². The molecule has 0 radical (unpaired) electrons. The Bertz CT molecular complexity index is 1030. The SMILES string of the molecule is O=C(O)CCC/C=C\C[C@@H]1[C@@H](/C=C/[C@H](OC2CCCCO2)C2OCc3ccccc3O2)[C@H](OC2CCCCO2)C[C@@H]1O. The zero-order valence-corrected chi connectivity index (χ0v) is 24.4. The normalized spacial score (nSPS) is 32.5. The van der Waals surface area contributed by atoms with E-state index >= 15 is 0 Å². The van der Waals surface area contributed by atoms with Gasteiger partial charge in [-0.1, -0.05) is 42.5 Å². The number of carboxylic acid groups (broad SMARTS) is 1. The number of unbranched alkanes of at least 4 members (excludes halogenated alkanes) is 1. The molecule has 232 valence electrons. The Morgan fingerprint density at radius 1 is 1.02 bits per heavy atom. The highest BCUT2D eigenvalue weighted by Crippen LogP contribution is 2.40. The van der Waals surface area contributed by atoms with Gasteiger partial charge in [0.05, 0.1) is 18.8 Å². The van der Waals surface area contributed by atoms with Crippen molar-refractivity contribution in [3.05, 3.63) is 54.1 Å². The molecule has 1 aromatic rings. The monoisotopic (exact) mass is 586 g/mol. The third-order valence-electron chi connectivity index (χ3n) is 8.55. The van der Waals surface area contributed by atoms with Gasteiger partial charge in [-0.05, 0) is 69.8 Å². The summed E-state index contributed by atoms with van der Waals surface area (Å²) in [6, 6.07) is 7.86. The van der Waals surface area contributed by atoms with Gasteiger partial charge >= 0.3 is 5.97 Å². The Kier molecular flexibility index (Phi) is 11.9. The maximum absolute atomic E-state index is 11.2. The molecule has 1 aromatic carbocycles. The summed E-state index contributed by atoms with van der Waals surface area (Å²) >= 11 is 0. The van der Waals surface area contributed by atoms with Gasteiger partial charge in [0.1, 0.15) is 11.9 Å². The molecule has 2 saturated heterocycles. The summed E-state index contributed by atoms with van der Waals surface area (Å²) in [6.45, 7) is 1.80. The zero-order chi connectivity index (χ0) is 29.1. The first-order valence-electron chi connectivity index (χ1n) is 15.7. The van der Waals surface area contributed by atoms with Gasteiger partial charge in [-0.2, -0.15) is 0 Å². The summed E-state index contributed by atoms with van der Waals surface area (Å²) in [4.78, 5) is 10.8. The quantitative estimate of drug-likeness (QED) is 0.229. The fourth-order valence-electron chi connectivity index (χ4n) is 6.25. The van der Waals surface area contributed by atoms with Crippen LogP contribution in [0.15, 0.2) is 48.6 Å². The van der Waals surface area contributed by atoms with Crippen molar-refractivity contribution in [2.45, 2.75) is 114 Å². The molecule has 0 spiro atoms. The van der Waals surface area contributed by atoms with Crippen molar-refractivity contribution < 1.29 is 43.4 Å². The van der Waals surface area contributed by atoms with Crippen LogP contribution < -0.4 is 4.74 Å². The van der Waals surface area contributed by atoms with Crippen LogP contribution in [0.25, 0.3) is 0 Å². The third kappa shape index (κ3) is 8.88. The van der Waals surface area contributed by atoms with Crippen LogP contribution in [0.1, 0.15) is 76.2 Å². The van der Waals surface area contributed by atoms with Crippen molar-refractivity contribution in [3.8, 4) is 5.75 Å². The predicted molar refractivity (Wildman–Crippen MR) is 155 cm³/mol. The van der Waals surface area contributed by atoms with Gasteiger partial charge in [-0.25, -0.2) is 0 Å². The van der Waals surface area contributed by atoms with Gasteiger partial charge in [0.2, 0.25) is 6.29 Å². The van der Waals surface area contributed by atoms with Gasteiger partial charge in [-0.3, -0.25) is 4.79 Å². The summed E-state index contributed by atoms with van der Waals surface area (Å²) in [6.07, 6.45) is 14.2. The van der Waals surface area contributed by atoms with Crippen LogP contribution in [0.3, 0.4) is 0 Å². The predicted octanol–water partition coefficient (Wildman–Crippen LogP) is 5.50. The molecule has 9 heteroatoms. The lowest BCUT2D eigenvalue weighted by atomic mass is 9.89. The third-order valence-corrected chi connectivity index (χ3v) is 8.55. The zero-order valence-electron chi connectivity index (χ0n) is 24.4. The summed E-state index contributed by atoms with van der Waals surface area (Å²) in [5, 5.41) is 20.1. The van der Waals surface area contributed by atoms with Crippen LogP contribution >= 0.6 is 0 Å². The molecule has 1 aliphatic carbocycles. The number of hydrogen-bond donors (Lipinski definition) is 2. The van der Waals surface area contributed by atoms with E-state index in [1.807, 2.05) is 36.4 Å². The Labute approximate surface area is 248 Å². The van der Waals surface area contributed by atoms with E-state index in [1.165, 1.54) is 0 Å². The van der Waals surface area contributed by atoms with E-state index in [9.17, 15) is 9.90 Å². The minimum Gasteiger partial charge on any atom is -0.481 e. The van der Waals surface area contributed by atoms with E-state index in [1.54, 1.807) is 0 Å². The molecule has 3 heterocycles. The first kappa shape index (κ1) is 31.2. The van der Waals surface area contributed by atoms with Crippen LogP contribution in [0, 0.1) is 11.8 Å². The van der Waals surface area contributed by atoms with Crippen LogP contribution in [0.4, 0.5) is 0 Å². The summed E-state index contributed by atoms with van der Waals surface area (Å²) in [5.74, 6) is -0.137. The Morgan fingerprint density at radius 3 is 2.57 bits per heavy atom. The second-order valence-corrected chi connectivity index (χ2v) is 11.7. The highest BCUT2D eigenvalue weighted by molar-refractivity contribution is 5.66. The van der Waals surface area contributed by atoms with E-state index in [-0.39, 0.29) is 36.9 Å². The van der Waals surface area contributed by atoms with E-state index < -0.39 is 24.5 Å². The number of fused-ring (bicyclic) bond motifs is 1. The molecule has 0 bridgehead atoms. The summed E-state index contributed by atoms with van der Waals surface area (Å²) in [7, 11) is 0. The Morgan fingerprint density at radius 2 is 1.81 bits per heavy atom. The molecule has 4 aliphatic rings. The lowest BCUT2D eigenvalue weighted by molar-refractivity contribution is -0.236. The van der Waals surface area contributed by atoms with E-state index in [2.05, 4.69) is 12.2 Å². The standard InChI is InChI=1S/C33H46O9/c34-26-21-29(41-32-16-8-10-20-38-32)25(24(26)12-3-1-2-4-14-30(35)36)17-18-28(40-31-15-7-9-19-37-31)33-39-22-23-11-5-6-13-27(23)42-33/h1,3,5-6,11,13,17-18,24-26,28-29,31-34H,2,4,7-10,12,14-16,19-22H2,(H,35,36)/b3-1-,18-17+/t24-,25-,26+,28+,29-,31?,32?,33?/m1/s1. The van der Waals surface area contributed by atoms with Crippen molar-refractivity contribution in [1.29, 1.82) is 0 Å². The number of benzene rings is 1. The van der Waals surface area contributed by atoms with Crippen LogP contribution in [0.5, 0.6) is 5.75 Å².